The van der Waals surface area contributed by atoms with Gasteiger partial charge in [-0.05, 0) is 71.3 Å². The van der Waals surface area contributed by atoms with E-state index < -0.39 is 18.6 Å². The smallest absolute Gasteiger partial charge is 0.390 e. The molecule has 0 atom stereocenters. The van der Waals surface area contributed by atoms with Gasteiger partial charge in [0.15, 0.2) is 5.69 Å². The quantitative estimate of drug-likeness (QED) is 0.361. The lowest BCUT2D eigenvalue weighted by atomic mass is 9.85. The zero-order valence-electron chi connectivity index (χ0n) is 20.5. The minimum atomic E-state index is -4.01. The van der Waals surface area contributed by atoms with Crippen LogP contribution in [-0.4, -0.2) is 46.4 Å². The van der Waals surface area contributed by atoms with Crippen LogP contribution in [0.5, 0.6) is 0 Å². The lowest BCUT2D eigenvalue weighted by molar-refractivity contribution is -0.133. The maximum atomic E-state index is 11.6. The molecule has 1 fully saturated rings. The minimum absolute atomic E-state index is 0.0694. The maximum Gasteiger partial charge on any atom is 0.390 e. The number of nitrogens with one attached hydrogen (secondary N) is 1. The highest BCUT2D eigenvalue weighted by Gasteiger charge is 2.31. The summed E-state index contributed by atoms with van der Waals surface area (Å²) in [6.45, 7) is 8.46. The number of fused-ring (bicyclic) bond motifs is 1. The number of carboxylic acid groups (broad SMARTS) is 1. The lowest BCUT2D eigenvalue weighted by Gasteiger charge is -2.25. The minimum Gasteiger partial charge on any atom is -0.477 e. The molecule has 0 bridgehead atoms. The second kappa shape index (κ2) is 11.8. The molecule has 1 aromatic carbocycles. The molecule has 2 N–H and O–H groups in total. The van der Waals surface area contributed by atoms with E-state index in [1.54, 1.807) is 0 Å². The second-order valence-corrected chi connectivity index (χ2v) is 10.3. The molecule has 2 aromatic rings. The van der Waals surface area contributed by atoms with E-state index in [9.17, 15) is 23.1 Å². The molecule has 0 radical (unpaired) electrons. The number of benzene rings is 1. The largest absolute Gasteiger partial charge is 0.477 e. The summed E-state index contributed by atoms with van der Waals surface area (Å²) in [5.41, 5.74) is 3.26. The molecule has 1 aliphatic carbocycles. The summed E-state index contributed by atoms with van der Waals surface area (Å²) in [5.74, 6) is 0.915. The number of anilines is 2. The van der Waals surface area contributed by atoms with Crippen LogP contribution in [0.2, 0.25) is 0 Å². The highest BCUT2D eigenvalue weighted by molar-refractivity contribution is 9.10. The molecular weight excluding hydrogens is 525 g/mol. The number of carbonyl (C=O) groups is 1. The molecule has 1 aliphatic heterocycles. The number of aromatic carboxylic acids is 1. The molecule has 0 amide bonds. The Balaban J connectivity index is 0.000000241. The van der Waals surface area contributed by atoms with E-state index in [1.165, 1.54) is 24.8 Å². The number of halogens is 4. The highest BCUT2D eigenvalue weighted by atomic mass is 79.9. The van der Waals surface area contributed by atoms with Crippen molar-refractivity contribution < 1.29 is 23.1 Å². The molecule has 0 saturated heterocycles. The van der Waals surface area contributed by atoms with Crippen molar-refractivity contribution in [2.75, 3.05) is 24.5 Å². The van der Waals surface area contributed by atoms with Crippen LogP contribution >= 0.6 is 15.9 Å². The summed E-state index contributed by atoms with van der Waals surface area (Å²) in [5, 5.41) is 12.3. The highest BCUT2D eigenvalue weighted by Crippen LogP contribution is 2.37. The van der Waals surface area contributed by atoms with Gasteiger partial charge in [0.2, 0.25) is 5.95 Å². The van der Waals surface area contributed by atoms with Gasteiger partial charge in [-0.15, -0.1) is 0 Å². The Kier molecular flexibility index (Phi) is 9.26. The van der Waals surface area contributed by atoms with Crippen LogP contribution in [0.25, 0.3) is 0 Å². The number of hydrogen-bond donors (Lipinski definition) is 2. The van der Waals surface area contributed by atoms with Crippen LogP contribution in [0.3, 0.4) is 0 Å². The lowest BCUT2D eigenvalue weighted by Crippen LogP contribution is -2.30. The number of rotatable bonds is 8. The fourth-order valence-corrected chi connectivity index (χ4v) is 4.87. The Morgan fingerprint density at radius 3 is 2.51 bits per heavy atom. The Bertz CT molecular complexity index is 1020. The summed E-state index contributed by atoms with van der Waals surface area (Å²) in [6, 6.07) is 6.33. The van der Waals surface area contributed by atoms with Gasteiger partial charge in [-0.25, -0.2) is 9.78 Å². The van der Waals surface area contributed by atoms with Gasteiger partial charge in [0, 0.05) is 24.1 Å². The van der Waals surface area contributed by atoms with Gasteiger partial charge < -0.3 is 19.9 Å². The van der Waals surface area contributed by atoms with Crippen LogP contribution in [0.4, 0.5) is 24.8 Å². The first kappa shape index (κ1) is 27.5. The van der Waals surface area contributed by atoms with Crippen LogP contribution in [0.15, 0.2) is 22.7 Å². The standard InChI is InChI=1S/C17H20BrN3O2.C8H14F3N/c1-4-13-15(16(22)23)21-8-7-20(17(21)19-13)14-6-5-11(10(2)3)9-12(14)18;9-8(10,11)4-5-12-6-7-2-1-3-7/h5-6,9-10H,4,7-8H2,1-3H3,(H,22,23);7,12H,1-6H2. The van der Waals surface area contributed by atoms with Crippen molar-refractivity contribution in [3.05, 3.63) is 39.6 Å². The van der Waals surface area contributed by atoms with Crippen LogP contribution in [0, 0.1) is 5.92 Å². The van der Waals surface area contributed by atoms with Crippen molar-refractivity contribution in [3.8, 4) is 0 Å². The van der Waals surface area contributed by atoms with E-state index in [2.05, 4.69) is 63.2 Å². The van der Waals surface area contributed by atoms with Gasteiger partial charge >= 0.3 is 12.1 Å². The van der Waals surface area contributed by atoms with Crippen molar-refractivity contribution in [3.63, 3.8) is 0 Å². The summed E-state index contributed by atoms with van der Waals surface area (Å²) in [4.78, 5) is 18.2. The van der Waals surface area contributed by atoms with Gasteiger partial charge in [-0.3, -0.25) is 0 Å². The molecule has 1 saturated carbocycles. The number of nitrogens with zero attached hydrogens (tertiary/aromatic N) is 3. The monoisotopic (exact) mass is 558 g/mol. The maximum absolute atomic E-state index is 11.6. The van der Waals surface area contributed by atoms with Gasteiger partial charge in [0.25, 0.3) is 0 Å². The number of imidazole rings is 1. The van der Waals surface area contributed by atoms with Gasteiger partial charge in [-0.1, -0.05) is 33.3 Å². The number of carboxylic acids is 1. The Morgan fingerprint density at radius 2 is 2.00 bits per heavy atom. The van der Waals surface area contributed by atoms with Gasteiger partial charge in [-0.2, -0.15) is 13.2 Å². The van der Waals surface area contributed by atoms with Crippen molar-refractivity contribution >= 4 is 33.5 Å². The summed E-state index contributed by atoms with van der Waals surface area (Å²) >= 11 is 3.65. The van der Waals surface area contributed by atoms with Crippen LogP contribution < -0.4 is 10.2 Å². The van der Waals surface area contributed by atoms with E-state index in [0.717, 1.165) is 29.2 Å². The molecule has 10 heteroatoms. The van der Waals surface area contributed by atoms with E-state index >= 15 is 0 Å². The van der Waals surface area contributed by atoms with Crippen molar-refractivity contribution in [1.82, 2.24) is 14.9 Å². The first-order chi connectivity index (χ1) is 16.5. The molecule has 194 valence electrons. The second-order valence-electron chi connectivity index (χ2n) is 9.40. The molecule has 2 heterocycles. The number of aromatic nitrogens is 2. The van der Waals surface area contributed by atoms with E-state index in [4.69, 9.17) is 0 Å². The Hall–Kier alpha value is -2.07. The number of alkyl halides is 3. The van der Waals surface area contributed by atoms with E-state index in [-0.39, 0.29) is 6.54 Å². The average molecular weight is 559 g/mol. The fourth-order valence-electron chi connectivity index (χ4n) is 4.26. The summed E-state index contributed by atoms with van der Waals surface area (Å²) < 4.78 is 37.7. The van der Waals surface area contributed by atoms with Crippen LogP contribution in [0.1, 0.15) is 74.1 Å². The summed E-state index contributed by atoms with van der Waals surface area (Å²) in [7, 11) is 0. The molecule has 0 unspecified atom stereocenters. The predicted molar refractivity (Wildman–Crippen MR) is 135 cm³/mol. The fraction of sp³-hybridized carbons (Fsp3) is 0.600. The number of aryl methyl sites for hydroxylation is 1. The summed E-state index contributed by atoms with van der Waals surface area (Å²) in [6.07, 6.45) is -0.501. The van der Waals surface area contributed by atoms with Gasteiger partial charge in [0.1, 0.15) is 0 Å². The Morgan fingerprint density at radius 1 is 1.29 bits per heavy atom. The van der Waals surface area contributed by atoms with E-state index in [1.807, 2.05) is 11.5 Å². The first-order valence-electron chi connectivity index (χ1n) is 12.2. The zero-order valence-corrected chi connectivity index (χ0v) is 22.0. The van der Waals surface area contributed by atoms with Crippen LogP contribution in [-0.2, 0) is 13.0 Å². The van der Waals surface area contributed by atoms with Gasteiger partial charge in [0.05, 0.1) is 17.8 Å². The van der Waals surface area contributed by atoms with Crippen molar-refractivity contribution in [2.24, 2.45) is 5.92 Å². The molecule has 2 aliphatic rings. The average Bonchev–Trinajstić information content (AvgIpc) is 3.30. The normalized spacial score (nSPS) is 15.6. The molecule has 6 nitrogen and oxygen atoms in total. The third kappa shape index (κ3) is 7.00. The van der Waals surface area contributed by atoms with Crippen molar-refractivity contribution in [1.29, 1.82) is 0 Å². The Labute approximate surface area is 213 Å². The molecule has 4 rings (SSSR count). The third-order valence-electron chi connectivity index (χ3n) is 6.52. The SMILES string of the molecule is CCc1nc2n(c1C(=O)O)CCN2c1ccc(C(C)C)cc1Br.FC(F)(F)CCNCC1CCC1. The molecule has 0 spiro atoms. The molecular formula is C25H34BrF3N4O2. The van der Waals surface area contributed by atoms with Crippen molar-refractivity contribution in [2.45, 2.75) is 71.5 Å². The zero-order chi connectivity index (χ0) is 25.8. The third-order valence-corrected chi connectivity index (χ3v) is 7.15. The predicted octanol–water partition coefficient (Wildman–Crippen LogP) is 6.51. The first-order valence-corrected chi connectivity index (χ1v) is 13.0. The molecule has 35 heavy (non-hydrogen) atoms. The molecule has 1 aromatic heterocycles. The topological polar surface area (TPSA) is 70.4 Å². The number of hydrogen-bond acceptors (Lipinski definition) is 4. The van der Waals surface area contributed by atoms with E-state index in [0.29, 0.717) is 36.2 Å².